The summed E-state index contributed by atoms with van der Waals surface area (Å²) in [6, 6.07) is 3.65. The minimum atomic E-state index is 0.176. The third kappa shape index (κ3) is 2.58. The number of furan rings is 1. The fourth-order valence-electron chi connectivity index (χ4n) is 2.25. The highest BCUT2D eigenvalue weighted by molar-refractivity contribution is 7.99. The molecule has 0 aromatic carbocycles. The molecule has 2 aromatic rings. The van der Waals surface area contributed by atoms with Crippen molar-refractivity contribution in [3.63, 3.8) is 0 Å². The molecule has 0 spiro atoms. The molecule has 0 bridgehead atoms. The molecule has 7 heteroatoms. The minimum absolute atomic E-state index is 0.176. The van der Waals surface area contributed by atoms with Crippen LogP contribution in [0.3, 0.4) is 0 Å². The van der Waals surface area contributed by atoms with Crippen LogP contribution in [0.25, 0.3) is 11.6 Å². The number of amides is 1. The van der Waals surface area contributed by atoms with Gasteiger partial charge >= 0.3 is 0 Å². The van der Waals surface area contributed by atoms with Crippen molar-refractivity contribution in [1.82, 2.24) is 19.7 Å². The number of rotatable bonds is 4. The average molecular weight is 292 g/mol. The van der Waals surface area contributed by atoms with Crippen molar-refractivity contribution < 1.29 is 9.21 Å². The van der Waals surface area contributed by atoms with Crippen LogP contribution in [-0.4, -0.2) is 44.4 Å². The SMILES string of the molecule is Cn1c(SCC(=O)N2CCCC2)nnc1-c1ccco1. The van der Waals surface area contributed by atoms with Gasteiger partial charge in [-0.2, -0.15) is 0 Å². The molecule has 106 valence electrons. The molecular formula is C13H16N4O2S. The van der Waals surface area contributed by atoms with Crippen molar-refractivity contribution in [3.05, 3.63) is 18.4 Å². The smallest absolute Gasteiger partial charge is 0.233 e. The van der Waals surface area contributed by atoms with Crippen LogP contribution in [0.5, 0.6) is 0 Å². The Bertz CT molecular complexity index is 588. The van der Waals surface area contributed by atoms with Crippen LogP contribution in [0.4, 0.5) is 0 Å². The summed E-state index contributed by atoms with van der Waals surface area (Å²) in [6.07, 6.45) is 3.83. The van der Waals surface area contributed by atoms with Crippen LogP contribution in [0, 0.1) is 0 Å². The Kier molecular flexibility index (Phi) is 3.77. The van der Waals surface area contributed by atoms with Crippen molar-refractivity contribution in [2.75, 3.05) is 18.8 Å². The number of thioether (sulfide) groups is 1. The monoisotopic (exact) mass is 292 g/mol. The molecule has 1 saturated heterocycles. The van der Waals surface area contributed by atoms with E-state index in [-0.39, 0.29) is 5.91 Å². The maximum atomic E-state index is 12.0. The number of nitrogens with zero attached hydrogens (tertiary/aromatic N) is 4. The molecule has 0 saturated carbocycles. The summed E-state index contributed by atoms with van der Waals surface area (Å²) in [6.45, 7) is 1.77. The third-order valence-corrected chi connectivity index (χ3v) is 4.36. The fraction of sp³-hybridized carbons (Fsp3) is 0.462. The van der Waals surface area contributed by atoms with E-state index in [1.54, 1.807) is 6.26 Å². The number of aromatic nitrogens is 3. The summed E-state index contributed by atoms with van der Waals surface area (Å²) in [5.74, 6) is 1.93. The normalized spacial score (nSPS) is 14.9. The summed E-state index contributed by atoms with van der Waals surface area (Å²) in [7, 11) is 1.88. The topological polar surface area (TPSA) is 64.2 Å². The minimum Gasteiger partial charge on any atom is -0.461 e. The Morgan fingerprint density at radius 3 is 2.90 bits per heavy atom. The van der Waals surface area contributed by atoms with E-state index in [1.165, 1.54) is 11.8 Å². The van der Waals surface area contributed by atoms with Crippen LogP contribution in [0.1, 0.15) is 12.8 Å². The van der Waals surface area contributed by atoms with Gasteiger partial charge in [-0.05, 0) is 25.0 Å². The molecule has 1 aliphatic rings. The molecular weight excluding hydrogens is 276 g/mol. The quantitative estimate of drug-likeness (QED) is 0.804. The van der Waals surface area contributed by atoms with Crippen LogP contribution in [-0.2, 0) is 11.8 Å². The molecule has 3 heterocycles. The van der Waals surface area contributed by atoms with Crippen molar-refractivity contribution in [2.45, 2.75) is 18.0 Å². The molecule has 1 aliphatic heterocycles. The van der Waals surface area contributed by atoms with E-state index in [0.29, 0.717) is 17.3 Å². The van der Waals surface area contributed by atoms with Crippen LogP contribution < -0.4 is 0 Å². The van der Waals surface area contributed by atoms with Gasteiger partial charge in [-0.25, -0.2) is 0 Å². The summed E-state index contributed by atoms with van der Waals surface area (Å²) >= 11 is 1.42. The number of likely N-dealkylation sites (tertiary alicyclic amines) is 1. The summed E-state index contributed by atoms with van der Waals surface area (Å²) in [4.78, 5) is 13.9. The molecule has 0 radical (unpaired) electrons. The Labute approximate surface area is 121 Å². The molecule has 1 amide bonds. The molecule has 2 aromatic heterocycles. The van der Waals surface area contributed by atoms with Crippen LogP contribution in [0.15, 0.2) is 28.0 Å². The van der Waals surface area contributed by atoms with E-state index in [9.17, 15) is 4.79 Å². The first-order chi connectivity index (χ1) is 9.75. The zero-order chi connectivity index (χ0) is 13.9. The third-order valence-electron chi connectivity index (χ3n) is 3.36. The summed E-state index contributed by atoms with van der Waals surface area (Å²) in [5.41, 5.74) is 0. The zero-order valence-corrected chi connectivity index (χ0v) is 12.1. The highest BCUT2D eigenvalue weighted by atomic mass is 32.2. The van der Waals surface area contributed by atoms with E-state index in [1.807, 2.05) is 28.6 Å². The van der Waals surface area contributed by atoms with Gasteiger partial charge in [0.25, 0.3) is 0 Å². The number of hydrogen-bond acceptors (Lipinski definition) is 5. The van der Waals surface area contributed by atoms with Gasteiger partial charge in [0, 0.05) is 20.1 Å². The van der Waals surface area contributed by atoms with Gasteiger partial charge in [-0.1, -0.05) is 11.8 Å². The van der Waals surface area contributed by atoms with E-state index in [4.69, 9.17) is 4.42 Å². The molecule has 20 heavy (non-hydrogen) atoms. The number of carbonyl (C=O) groups is 1. The van der Waals surface area contributed by atoms with Crippen molar-refractivity contribution in [3.8, 4) is 11.6 Å². The lowest BCUT2D eigenvalue weighted by Gasteiger charge is -2.14. The second-order valence-electron chi connectivity index (χ2n) is 4.72. The summed E-state index contributed by atoms with van der Waals surface area (Å²) in [5, 5.41) is 8.95. The van der Waals surface area contributed by atoms with Gasteiger partial charge < -0.3 is 13.9 Å². The highest BCUT2D eigenvalue weighted by Crippen LogP contribution is 2.23. The zero-order valence-electron chi connectivity index (χ0n) is 11.3. The van der Waals surface area contributed by atoms with Gasteiger partial charge in [0.05, 0.1) is 12.0 Å². The standard InChI is InChI=1S/C13H16N4O2S/c1-16-12(10-5-4-8-19-10)14-15-13(16)20-9-11(18)17-6-2-3-7-17/h4-5,8H,2-3,6-7,9H2,1H3. The number of carbonyl (C=O) groups excluding carboxylic acids is 1. The second kappa shape index (κ2) is 5.70. The lowest BCUT2D eigenvalue weighted by Crippen LogP contribution is -2.29. The maximum Gasteiger partial charge on any atom is 0.233 e. The molecule has 1 fully saturated rings. The largest absolute Gasteiger partial charge is 0.461 e. The average Bonchev–Trinajstić information content (AvgIpc) is 3.18. The van der Waals surface area contributed by atoms with Gasteiger partial charge in [0.15, 0.2) is 16.7 Å². The van der Waals surface area contributed by atoms with Gasteiger partial charge in [-0.3, -0.25) is 4.79 Å². The van der Waals surface area contributed by atoms with E-state index < -0.39 is 0 Å². The second-order valence-corrected chi connectivity index (χ2v) is 5.66. The molecule has 0 aliphatic carbocycles. The van der Waals surface area contributed by atoms with Crippen molar-refractivity contribution >= 4 is 17.7 Å². The van der Waals surface area contributed by atoms with Gasteiger partial charge in [-0.15, -0.1) is 10.2 Å². The van der Waals surface area contributed by atoms with E-state index >= 15 is 0 Å². The van der Waals surface area contributed by atoms with Crippen LogP contribution >= 0.6 is 11.8 Å². The molecule has 3 rings (SSSR count). The first-order valence-electron chi connectivity index (χ1n) is 6.59. The van der Waals surface area contributed by atoms with Crippen molar-refractivity contribution in [1.29, 1.82) is 0 Å². The Morgan fingerprint density at radius 2 is 2.20 bits per heavy atom. The number of hydrogen-bond donors (Lipinski definition) is 0. The lowest BCUT2D eigenvalue weighted by molar-refractivity contribution is -0.127. The predicted molar refractivity (Wildman–Crippen MR) is 75.2 cm³/mol. The van der Waals surface area contributed by atoms with E-state index in [0.717, 1.165) is 31.1 Å². The Morgan fingerprint density at radius 1 is 1.40 bits per heavy atom. The molecule has 0 atom stereocenters. The summed E-state index contributed by atoms with van der Waals surface area (Å²) < 4.78 is 7.16. The maximum absolute atomic E-state index is 12.0. The van der Waals surface area contributed by atoms with E-state index in [2.05, 4.69) is 10.2 Å². The van der Waals surface area contributed by atoms with Gasteiger partial charge in [0.1, 0.15) is 0 Å². The highest BCUT2D eigenvalue weighted by Gasteiger charge is 2.19. The Balaban J connectivity index is 1.65. The molecule has 0 N–H and O–H groups in total. The van der Waals surface area contributed by atoms with Crippen LogP contribution in [0.2, 0.25) is 0 Å². The lowest BCUT2D eigenvalue weighted by atomic mass is 10.4. The van der Waals surface area contributed by atoms with Gasteiger partial charge in [0.2, 0.25) is 5.91 Å². The molecule has 6 nitrogen and oxygen atoms in total. The first-order valence-corrected chi connectivity index (χ1v) is 7.58. The first kappa shape index (κ1) is 13.2. The Hall–Kier alpha value is -1.76. The molecule has 0 unspecified atom stereocenters. The fourth-order valence-corrected chi connectivity index (χ4v) is 3.06. The van der Waals surface area contributed by atoms with Crippen molar-refractivity contribution in [2.24, 2.45) is 7.05 Å². The predicted octanol–water partition coefficient (Wildman–Crippen LogP) is 1.79.